The third-order valence-corrected chi connectivity index (χ3v) is 5.10. The smallest absolute Gasteiger partial charge is 0.240 e. The van der Waals surface area contributed by atoms with E-state index < -0.39 is 0 Å². The van der Waals surface area contributed by atoms with E-state index in [1.807, 2.05) is 11.0 Å². The van der Waals surface area contributed by atoms with Gasteiger partial charge in [-0.1, -0.05) is 30.3 Å². The molecule has 1 N–H and O–H groups in total. The molecule has 2 aliphatic heterocycles. The molecule has 1 aromatic carbocycles. The van der Waals surface area contributed by atoms with Crippen molar-refractivity contribution in [2.75, 3.05) is 38.3 Å². The van der Waals surface area contributed by atoms with Crippen molar-refractivity contribution in [3.63, 3.8) is 0 Å². The highest BCUT2D eigenvalue weighted by molar-refractivity contribution is 7.99. The number of amides is 1. The van der Waals surface area contributed by atoms with Crippen LogP contribution in [0.15, 0.2) is 30.3 Å². The molecule has 1 amide bonds. The summed E-state index contributed by atoms with van der Waals surface area (Å²) in [6.07, 6.45) is 0. The Kier molecular flexibility index (Phi) is 4.29. The van der Waals surface area contributed by atoms with Crippen LogP contribution in [0.4, 0.5) is 0 Å². The molecule has 0 aromatic heterocycles. The van der Waals surface area contributed by atoms with Gasteiger partial charge in [0, 0.05) is 31.3 Å². The van der Waals surface area contributed by atoms with Crippen LogP contribution in [0.5, 0.6) is 0 Å². The standard InChI is InChI=1S/C15H21N3OS/c1-17-7-8-18(15(19)13-10-20-11-16-13)9-14(17)12-5-3-2-4-6-12/h2-6,13-14,16H,7-11H2,1H3. The summed E-state index contributed by atoms with van der Waals surface area (Å²) in [6, 6.07) is 10.8. The predicted molar refractivity (Wildman–Crippen MR) is 82.6 cm³/mol. The van der Waals surface area contributed by atoms with Gasteiger partial charge in [0.2, 0.25) is 5.91 Å². The third kappa shape index (κ3) is 2.85. The lowest BCUT2D eigenvalue weighted by atomic mass is 10.0. The zero-order valence-electron chi connectivity index (χ0n) is 11.8. The van der Waals surface area contributed by atoms with Crippen molar-refractivity contribution >= 4 is 17.7 Å². The minimum absolute atomic E-state index is 0.0137. The molecule has 20 heavy (non-hydrogen) atoms. The van der Waals surface area contributed by atoms with E-state index in [1.165, 1.54) is 5.56 Å². The quantitative estimate of drug-likeness (QED) is 0.887. The maximum atomic E-state index is 12.5. The van der Waals surface area contributed by atoms with Gasteiger partial charge in [-0.2, -0.15) is 0 Å². The summed E-state index contributed by atoms with van der Waals surface area (Å²) in [6.45, 7) is 2.56. The number of piperazine rings is 1. The highest BCUT2D eigenvalue weighted by Crippen LogP contribution is 2.24. The minimum atomic E-state index is 0.0137. The Balaban J connectivity index is 1.71. The summed E-state index contributed by atoms with van der Waals surface area (Å²) in [5, 5.41) is 3.28. The van der Waals surface area contributed by atoms with Crippen molar-refractivity contribution in [1.29, 1.82) is 0 Å². The summed E-state index contributed by atoms with van der Waals surface area (Å²) in [5.74, 6) is 2.07. The van der Waals surface area contributed by atoms with E-state index in [0.29, 0.717) is 6.04 Å². The van der Waals surface area contributed by atoms with Crippen LogP contribution < -0.4 is 5.32 Å². The average molecular weight is 291 g/mol. The largest absolute Gasteiger partial charge is 0.338 e. The summed E-state index contributed by atoms with van der Waals surface area (Å²) >= 11 is 1.80. The second-order valence-electron chi connectivity index (χ2n) is 5.46. The Morgan fingerprint density at radius 1 is 1.30 bits per heavy atom. The Morgan fingerprint density at radius 3 is 2.80 bits per heavy atom. The Labute approximate surface area is 124 Å². The molecule has 0 aliphatic carbocycles. The summed E-state index contributed by atoms with van der Waals surface area (Å²) in [4.78, 5) is 16.9. The number of benzene rings is 1. The fraction of sp³-hybridized carbons (Fsp3) is 0.533. The highest BCUT2D eigenvalue weighted by Gasteiger charge is 2.33. The monoisotopic (exact) mass is 291 g/mol. The molecule has 2 fully saturated rings. The second-order valence-corrected chi connectivity index (χ2v) is 6.49. The van der Waals surface area contributed by atoms with E-state index in [1.54, 1.807) is 11.8 Å². The number of carbonyl (C=O) groups is 1. The molecule has 0 spiro atoms. The van der Waals surface area contributed by atoms with Gasteiger partial charge in [-0.3, -0.25) is 15.0 Å². The zero-order valence-corrected chi connectivity index (χ0v) is 12.6. The number of thioether (sulfide) groups is 1. The fourth-order valence-corrected chi connectivity index (χ4v) is 3.82. The van der Waals surface area contributed by atoms with Gasteiger partial charge in [0.25, 0.3) is 0 Å². The highest BCUT2D eigenvalue weighted by atomic mass is 32.2. The van der Waals surface area contributed by atoms with E-state index >= 15 is 0 Å². The lowest BCUT2D eigenvalue weighted by molar-refractivity contribution is -0.135. The first-order valence-electron chi connectivity index (χ1n) is 7.11. The molecule has 2 heterocycles. The van der Waals surface area contributed by atoms with Gasteiger partial charge in [-0.05, 0) is 12.6 Å². The SMILES string of the molecule is CN1CCN(C(=O)C2CSCN2)CC1c1ccccc1. The average Bonchev–Trinajstić information content (AvgIpc) is 3.02. The summed E-state index contributed by atoms with van der Waals surface area (Å²) in [7, 11) is 2.14. The molecule has 0 radical (unpaired) electrons. The van der Waals surface area contributed by atoms with Gasteiger partial charge in [0.05, 0.1) is 12.1 Å². The van der Waals surface area contributed by atoms with E-state index in [-0.39, 0.29) is 11.9 Å². The number of likely N-dealkylation sites (N-methyl/N-ethyl adjacent to an activating group) is 1. The molecule has 2 aliphatic rings. The van der Waals surface area contributed by atoms with Crippen LogP contribution >= 0.6 is 11.8 Å². The van der Waals surface area contributed by atoms with Gasteiger partial charge in [0.15, 0.2) is 0 Å². The molecule has 5 heteroatoms. The van der Waals surface area contributed by atoms with Gasteiger partial charge in [-0.25, -0.2) is 0 Å². The zero-order chi connectivity index (χ0) is 13.9. The van der Waals surface area contributed by atoms with Gasteiger partial charge in [0.1, 0.15) is 0 Å². The normalized spacial score (nSPS) is 27.8. The van der Waals surface area contributed by atoms with Crippen LogP contribution in [-0.4, -0.2) is 60.1 Å². The topological polar surface area (TPSA) is 35.6 Å². The van der Waals surface area contributed by atoms with Crippen molar-refractivity contribution in [2.24, 2.45) is 0 Å². The molecule has 2 saturated heterocycles. The molecule has 2 atom stereocenters. The molecular formula is C15H21N3OS. The molecule has 2 unspecified atom stereocenters. The molecule has 4 nitrogen and oxygen atoms in total. The van der Waals surface area contributed by atoms with Crippen LogP contribution in [0.25, 0.3) is 0 Å². The number of rotatable bonds is 2. The van der Waals surface area contributed by atoms with Gasteiger partial charge >= 0.3 is 0 Å². The van der Waals surface area contributed by atoms with Crippen LogP contribution in [0.3, 0.4) is 0 Å². The Hall–Kier alpha value is -1.04. The molecular weight excluding hydrogens is 270 g/mol. The molecule has 0 bridgehead atoms. The first-order chi connectivity index (χ1) is 9.75. The Bertz CT molecular complexity index is 461. The van der Waals surface area contributed by atoms with E-state index in [4.69, 9.17) is 0 Å². The number of nitrogens with zero attached hydrogens (tertiary/aromatic N) is 2. The van der Waals surface area contributed by atoms with Crippen LogP contribution in [0.2, 0.25) is 0 Å². The summed E-state index contributed by atoms with van der Waals surface area (Å²) in [5.41, 5.74) is 1.29. The molecule has 3 rings (SSSR count). The number of hydrogen-bond acceptors (Lipinski definition) is 4. The van der Waals surface area contributed by atoms with Crippen LogP contribution in [0, 0.1) is 0 Å². The second kappa shape index (κ2) is 6.16. The van der Waals surface area contributed by atoms with Crippen LogP contribution in [0.1, 0.15) is 11.6 Å². The number of nitrogens with one attached hydrogen (secondary N) is 1. The maximum Gasteiger partial charge on any atom is 0.240 e. The van der Waals surface area contributed by atoms with Crippen molar-refractivity contribution in [2.45, 2.75) is 12.1 Å². The fourth-order valence-electron chi connectivity index (χ4n) is 2.88. The van der Waals surface area contributed by atoms with E-state index in [2.05, 4.69) is 41.5 Å². The van der Waals surface area contributed by atoms with Crippen molar-refractivity contribution in [3.8, 4) is 0 Å². The van der Waals surface area contributed by atoms with E-state index in [0.717, 1.165) is 31.3 Å². The predicted octanol–water partition coefficient (Wildman–Crippen LogP) is 1.16. The lowest BCUT2D eigenvalue weighted by Crippen LogP contribution is -2.53. The van der Waals surface area contributed by atoms with E-state index in [9.17, 15) is 4.79 Å². The summed E-state index contributed by atoms with van der Waals surface area (Å²) < 4.78 is 0. The van der Waals surface area contributed by atoms with Crippen molar-refractivity contribution < 1.29 is 4.79 Å². The van der Waals surface area contributed by atoms with Crippen molar-refractivity contribution in [1.82, 2.24) is 15.1 Å². The van der Waals surface area contributed by atoms with Gasteiger partial charge < -0.3 is 4.90 Å². The van der Waals surface area contributed by atoms with Crippen LogP contribution in [-0.2, 0) is 4.79 Å². The lowest BCUT2D eigenvalue weighted by Gasteiger charge is -2.40. The molecule has 1 aromatic rings. The number of carbonyl (C=O) groups excluding carboxylic acids is 1. The first-order valence-corrected chi connectivity index (χ1v) is 8.26. The van der Waals surface area contributed by atoms with Crippen molar-refractivity contribution in [3.05, 3.63) is 35.9 Å². The third-order valence-electron chi connectivity index (χ3n) is 4.16. The molecule has 0 saturated carbocycles. The van der Waals surface area contributed by atoms with Gasteiger partial charge in [-0.15, -0.1) is 11.8 Å². The minimum Gasteiger partial charge on any atom is -0.338 e. The maximum absolute atomic E-state index is 12.5. The first kappa shape index (κ1) is 13.9. The Morgan fingerprint density at radius 2 is 2.10 bits per heavy atom. The molecule has 108 valence electrons. The number of hydrogen-bond donors (Lipinski definition) is 1.